The van der Waals surface area contributed by atoms with Crippen molar-refractivity contribution in [3.05, 3.63) is 46.8 Å². The Morgan fingerprint density at radius 1 is 1.05 bits per heavy atom. The molecule has 17 heteroatoms. The van der Waals surface area contributed by atoms with Crippen molar-refractivity contribution in [3.8, 4) is 5.88 Å². The van der Waals surface area contributed by atoms with Gasteiger partial charge in [0.05, 0.1) is 45.9 Å². The first-order chi connectivity index (χ1) is 27.0. The lowest BCUT2D eigenvalue weighted by Gasteiger charge is -2.33. The zero-order valence-corrected chi connectivity index (χ0v) is 34.6. The van der Waals surface area contributed by atoms with Crippen LogP contribution < -0.4 is 15.0 Å². The molecule has 7 atom stereocenters. The molecule has 4 aliphatic rings. The number of ether oxygens (including phenoxy) is 2. The predicted octanol–water partition coefficient (Wildman–Crippen LogP) is 5.63. The number of benzene rings is 1. The Balaban J connectivity index is 1.37. The summed E-state index contributed by atoms with van der Waals surface area (Å²) < 4.78 is 81.5. The number of carbonyl (C=O) groups excluding carboxylic acids is 4. The molecule has 6 rings (SSSR count). The van der Waals surface area contributed by atoms with Gasteiger partial charge >= 0.3 is 12.1 Å². The van der Waals surface area contributed by atoms with Crippen LogP contribution in [-0.2, 0) is 40.5 Å². The van der Waals surface area contributed by atoms with Crippen molar-refractivity contribution in [2.24, 2.45) is 29.1 Å². The van der Waals surface area contributed by atoms with E-state index in [-0.39, 0.29) is 43.3 Å². The molecule has 0 spiro atoms. The Kier molecular flexibility index (Phi) is 11.7. The van der Waals surface area contributed by atoms with E-state index in [2.05, 4.69) is 9.82 Å². The van der Waals surface area contributed by atoms with E-state index in [1.54, 1.807) is 45.0 Å². The number of nitrogens with one attached hydrogen (secondary N) is 1. The van der Waals surface area contributed by atoms with Gasteiger partial charge in [-0.1, -0.05) is 38.1 Å². The second kappa shape index (κ2) is 15.7. The summed E-state index contributed by atoms with van der Waals surface area (Å²) in [6.45, 7) is 8.50. The van der Waals surface area contributed by atoms with Gasteiger partial charge in [0.15, 0.2) is 5.78 Å². The van der Waals surface area contributed by atoms with E-state index in [0.717, 1.165) is 13.8 Å². The highest BCUT2D eigenvalue weighted by molar-refractivity contribution is 7.91. The highest BCUT2D eigenvalue weighted by Gasteiger charge is 2.63. The number of aryl methyl sites for hydroxylation is 1. The Morgan fingerprint density at radius 3 is 2.36 bits per heavy atom. The number of allylic oxidation sites excluding steroid dienone is 2. The van der Waals surface area contributed by atoms with Gasteiger partial charge in [0.25, 0.3) is 5.56 Å². The van der Waals surface area contributed by atoms with Crippen LogP contribution >= 0.6 is 0 Å². The third kappa shape index (κ3) is 8.55. The second-order valence-electron chi connectivity index (χ2n) is 17.6. The number of carbonyl (C=O) groups is 4. The van der Waals surface area contributed by atoms with Gasteiger partial charge in [-0.05, 0) is 96.1 Å². The number of nitrogens with zero attached hydrogens (tertiary/aromatic N) is 3. The minimum atomic E-state index is -4.88. The van der Waals surface area contributed by atoms with Crippen molar-refractivity contribution < 1.29 is 50.2 Å². The van der Waals surface area contributed by atoms with Crippen LogP contribution in [-0.4, -0.2) is 81.9 Å². The molecule has 3 fully saturated rings. The molecule has 0 radical (unpaired) electrons. The molecular formula is C41H53F3N4O9S. The minimum absolute atomic E-state index is 0.0000869. The van der Waals surface area contributed by atoms with Gasteiger partial charge in [-0.3, -0.25) is 28.7 Å². The number of hydrogen-bond acceptors (Lipinski definition) is 10. The van der Waals surface area contributed by atoms with E-state index in [4.69, 9.17) is 9.47 Å². The van der Waals surface area contributed by atoms with Gasteiger partial charge < -0.3 is 14.4 Å². The fourth-order valence-electron chi connectivity index (χ4n) is 8.31. The van der Waals surface area contributed by atoms with Crippen LogP contribution in [0, 0.1) is 29.1 Å². The number of hydrogen-bond donors (Lipinski definition) is 1. The number of fused-ring (bicyclic) bond motifs is 3. The molecule has 1 N–H and O–H groups in total. The lowest BCUT2D eigenvalue weighted by molar-refractivity contribution is -0.257. The molecule has 3 heterocycles. The molecular weight excluding hydrogens is 782 g/mol. The van der Waals surface area contributed by atoms with Gasteiger partial charge in [-0.2, -0.15) is 13.2 Å². The van der Waals surface area contributed by atoms with Crippen molar-refractivity contribution in [2.45, 2.75) is 135 Å². The molecule has 2 aliphatic carbocycles. The van der Waals surface area contributed by atoms with Crippen molar-refractivity contribution in [2.75, 3.05) is 6.54 Å². The third-order valence-corrected chi connectivity index (χ3v) is 14.8. The van der Waals surface area contributed by atoms with E-state index in [1.807, 2.05) is 19.1 Å². The Bertz CT molecular complexity index is 2170. The first kappa shape index (κ1) is 43.3. The third-order valence-electron chi connectivity index (χ3n) is 12.6. The van der Waals surface area contributed by atoms with Gasteiger partial charge in [0, 0.05) is 19.4 Å². The van der Waals surface area contributed by atoms with Crippen LogP contribution in [0.1, 0.15) is 99.3 Å². The number of halogens is 3. The highest BCUT2D eigenvalue weighted by atomic mass is 32.2. The van der Waals surface area contributed by atoms with Gasteiger partial charge in [-0.25, -0.2) is 13.1 Å². The summed E-state index contributed by atoms with van der Waals surface area (Å²) in [5.74, 6) is -5.29. The first-order valence-corrected chi connectivity index (χ1v) is 21.5. The summed E-state index contributed by atoms with van der Waals surface area (Å²) in [6.07, 6.45) is -0.535. The van der Waals surface area contributed by atoms with Crippen LogP contribution in [0.5, 0.6) is 5.88 Å². The number of rotatable bonds is 9. The molecule has 2 aliphatic heterocycles. The molecule has 58 heavy (non-hydrogen) atoms. The van der Waals surface area contributed by atoms with E-state index in [1.165, 1.54) is 9.58 Å². The molecule has 0 unspecified atom stereocenters. The fraction of sp³-hybridized carbons (Fsp3) is 0.659. The number of Topliss-reactive ketones (excluding diaryl/α,β-unsaturated/α-hetero) is 1. The molecule has 13 nitrogen and oxygen atoms in total. The molecule has 2 amide bonds. The Hall–Kier alpha value is -4.28. The van der Waals surface area contributed by atoms with Crippen LogP contribution in [0.25, 0.3) is 10.8 Å². The molecule has 2 aromatic rings. The average Bonchev–Trinajstić information content (AvgIpc) is 4.02. The molecule has 2 saturated carbocycles. The van der Waals surface area contributed by atoms with Crippen LogP contribution in [0.2, 0.25) is 0 Å². The Morgan fingerprint density at radius 2 is 1.72 bits per heavy atom. The second-order valence-corrected chi connectivity index (χ2v) is 19.8. The normalized spacial score (nSPS) is 29.7. The lowest BCUT2D eigenvalue weighted by atomic mass is 9.82. The van der Waals surface area contributed by atoms with Gasteiger partial charge in [-0.15, -0.1) is 5.10 Å². The maximum Gasteiger partial charge on any atom is 0.427 e. The maximum absolute atomic E-state index is 14.8. The number of amides is 2. The van der Waals surface area contributed by atoms with Gasteiger partial charge in [0.1, 0.15) is 6.10 Å². The van der Waals surface area contributed by atoms with Crippen LogP contribution in [0.3, 0.4) is 0 Å². The summed E-state index contributed by atoms with van der Waals surface area (Å²) in [6, 6.07) is 5.48. The average molecular weight is 835 g/mol. The predicted molar refractivity (Wildman–Crippen MR) is 207 cm³/mol. The van der Waals surface area contributed by atoms with Crippen LogP contribution in [0.15, 0.2) is 41.2 Å². The minimum Gasteiger partial charge on any atom is -0.471 e. The topological polar surface area (TPSA) is 171 Å². The smallest absolute Gasteiger partial charge is 0.427 e. The fourth-order valence-corrected chi connectivity index (χ4v) is 9.65. The zero-order valence-electron chi connectivity index (χ0n) is 33.8. The van der Waals surface area contributed by atoms with E-state index in [9.17, 15) is 45.6 Å². The molecule has 0 bridgehead atoms. The van der Waals surface area contributed by atoms with Crippen molar-refractivity contribution in [1.82, 2.24) is 19.4 Å². The van der Waals surface area contributed by atoms with E-state index in [0.29, 0.717) is 42.9 Å². The SMILES string of the molecule is CCn1nc(O[C@@H]2C[C@H]3C(=O)C[C@]4(C(=O)NS(=O)(=O)C5(C)CC5)C[C@H]4/C=C\CC[C@H](C)C[C@@H](C)[C@H](CC(=O)OC(C)(C)C(F)(F)F)C(=O)N3C2)c2ccccc2c1=O. The molecule has 1 aromatic heterocycles. The summed E-state index contributed by atoms with van der Waals surface area (Å²) in [4.78, 5) is 71.1. The van der Waals surface area contributed by atoms with Crippen LogP contribution in [0.4, 0.5) is 13.2 Å². The maximum atomic E-state index is 14.8. The van der Waals surface area contributed by atoms with Crippen molar-refractivity contribution in [3.63, 3.8) is 0 Å². The van der Waals surface area contributed by atoms with E-state index < -0.39 is 98.3 Å². The van der Waals surface area contributed by atoms with Crippen molar-refractivity contribution >= 4 is 44.4 Å². The quantitative estimate of drug-likeness (QED) is 0.247. The van der Waals surface area contributed by atoms with Crippen molar-refractivity contribution in [1.29, 1.82) is 0 Å². The number of sulfonamides is 1. The largest absolute Gasteiger partial charge is 0.471 e. The van der Waals surface area contributed by atoms with E-state index >= 15 is 0 Å². The molecule has 318 valence electrons. The number of esters is 1. The summed E-state index contributed by atoms with van der Waals surface area (Å²) in [5.41, 5.74) is -4.57. The number of aromatic nitrogens is 2. The number of ketones is 1. The monoisotopic (exact) mass is 834 g/mol. The molecule has 1 aromatic carbocycles. The highest BCUT2D eigenvalue weighted by Crippen LogP contribution is 2.58. The zero-order chi connectivity index (χ0) is 42.6. The summed E-state index contributed by atoms with van der Waals surface area (Å²) >= 11 is 0. The first-order valence-electron chi connectivity index (χ1n) is 20.0. The van der Waals surface area contributed by atoms with Gasteiger partial charge in [0.2, 0.25) is 33.3 Å². The number of alkyl halides is 3. The summed E-state index contributed by atoms with van der Waals surface area (Å²) in [5, 5.41) is 5.17. The Labute approximate surface area is 336 Å². The summed E-state index contributed by atoms with van der Waals surface area (Å²) in [7, 11) is -4.05. The lowest BCUT2D eigenvalue weighted by Crippen LogP contribution is -2.48. The standard InChI is InChI=1S/C41H53F3N4O9S/c1-7-48-36(52)29-15-11-10-14-28(29)34(45-48)56-27-19-31-32(49)22-40(37(53)46-58(54,55)39(6)16-17-39)21-26(40)13-9-8-12-24(2)18-25(3)30(35(51)47(31)23-27)20-33(50)57-38(4,5)41(42,43)44/h9-11,13-15,24-27,30-31H,7-8,12,16-23H2,1-6H3,(H,46,53)/b13-9-/t24-,25+,26+,27+,30-,31-,40+/m0/s1. The molecule has 1 saturated heterocycles.